The molecule has 4 heteroatoms. The summed E-state index contributed by atoms with van der Waals surface area (Å²) in [4.78, 5) is 10.9. The van der Waals surface area contributed by atoms with Crippen molar-refractivity contribution in [3.05, 3.63) is 35.9 Å². The molecule has 1 aromatic carbocycles. The van der Waals surface area contributed by atoms with Crippen LogP contribution in [-0.2, 0) is 4.74 Å². The number of carbonyl (C=O) groups excluding carboxylic acids is 1. The molecule has 0 aliphatic carbocycles. The van der Waals surface area contributed by atoms with Crippen LogP contribution < -0.4 is 5.73 Å². The number of carbonyl (C=O) groups is 1. The lowest BCUT2D eigenvalue weighted by molar-refractivity contribution is 0.0205. The third kappa shape index (κ3) is 3.74. The molecule has 3 N–H and O–H groups in total. The fourth-order valence-corrected chi connectivity index (χ4v) is 2.29. The molecule has 18 heavy (non-hydrogen) atoms. The predicted octanol–water partition coefficient (Wildman–Crippen LogP) is 2.27. The zero-order valence-corrected chi connectivity index (χ0v) is 11.1. The second-order valence-corrected chi connectivity index (χ2v) is 5.41. The molecule has 0 radical (unpaired) electrons. The SMILES string of the molecule is CC(C)(C)C(c1ccccc1)C(CO)OC(N)=O. The van der Waals surface area contributed by atoms with Crippen molar-refractivity contribution in [1.29, 1.82) is 0 Å². The maximum absolute atomic E-state index is 10.9. The molecule has 0 spiro atoms. The first-order valence-corrected chi connectivity index (χ1v) is 5.98. The second-order valence-electron chi connectivity index (χ2n) is 5.41. The highest BCUT2D eigenvalue weighted by Gasteiger charge is 2.35. The molecule has 0 aliphatic heterocycles. The Kier molecular flexibility index (Phi) is 4.73. The van der Waals surface area contributed by atoms with Crippen molar-refractivity contribution >= 4 is 6.09 Å². The molecule has 0 heterocycles. The highest BCUT2D eigenvalue weighted by molar-refractivity contribution is 5.65. The topological polar surface area (TPSA) is 72.6 Å². The maximum Gasteiger partial charge on any atom is 0.404 e. The van der Waals surface area contributed by atoms with Crippen LogP contribution in [0.4, 0.5) is 4.79 Å². The van der Waals surface area contributed by atoms with E-state index in [0.29, 0.717) is 0 Å². The fraction of sp³-hybridized carbons (Fsp3) is 0.500. The van der Waals surface area contributed by atoms with E-state index in [4.69, 9.17) is 10.5 Å². The van der Waals surface area contributed by atoms with E-state index in [1.54, 1.807) is 0 Å². The van der Waals surface area contributed by atoms with Gasteiger partial charge in [-0.2, -0.15) is 0 Å². The van der Waals surface area contributed by atoms with Gasteiger partial charge in [-0.15, -0.1) is 0 Å². The van der Waals surface area contributed by atoms with Gasteiger partial charge in [0.25, 0.3) is 0 Å². The van der Waals surface area contributed by atoms with Crippen LogP contribution in [0.5, 0.6) is 0 Å². The molecule has 1 amide bonds. The molecule has 2 unspecified atom stereocenters. The summed E-state index contributed by atoms with van der Waals surface area (Å²) in [6, 6.07) is 9.69. The summed E-state index contributed by atoms with van der Waals surface area (Å²) >= 11 is 0. The summed E-state index contributed by atoms with van der Waals surface area (Å²) in [6.45, 7) is 5.87. The number of rotatable bonds is 4. The smallest absolute Gasteiger partial charge is 0.404 e. The van der Waals surface area contributed by atoms with Crippen LogP contribution >= 0.6 is 0 Å². The molecule has 100 valence electrons. The van der Waals surface area contributed by atoms with Gasteiger partial charge in [-0.05, 0) is 11.0 Å². The quantitative estimate of drug-likeness (QED) is 0.862. The van der Waals surface area contributed by atoms with Gasteiger partial charge in [-0.1, -0.05) is 51.1 Å². The van der Waals surface area contributed by atoms with E-state index in [9.17, 15) is 9.90 Å². The summed E-state index contributed by atoms with van der Waals surface area (Å²) in [5.74, 6) is -0.115. The Hall–Kier alpha value is -1.55. The minimum Gasteiger partial charge on any atom is -0.443 e. The molecule has 2 atom stereocenters. The van der Waals surface area contributed by atoms with Gasteiger partial charge in [0, 0.05) is 5.92 Å². The van der Waals surface area contributed by atoms with Gasteiger partial charge in [0.05, 0.1) is 6.61 Å². The Morgan fingerprint density at radius 2 is 1.89 bits per heavy atom. The van der Waals surface area contributed by atoms with Crippen molar-refractivity contribution in [2.24, 2.45) is 11.1 Å². The number of primary amides is 1. The summed E-state index contributed by atoms with van der Waals surface area (Å²) < 4.78 is 5.03. The molecule has 1 aromatic rings. The fourth-order valence-electron chi connectivity index (χ4n) is 2.29. The summed E-state index contributed by atoms with van der Waals surface area (Å²) in [6.07, 6.45) is -1.50. The third-order valence-electron chi connectivity index (χ3n) is 2.91. The Bertz CT molecular complexity index is 384. The van der Waals surface area contributed by atoms with Crippen molar-refractivity contribution in [3.63, 3.8) is 0 Å². The first kappa shape index (κ1) is 14.5. The lowest BCUT2D eigenvalue weighted by Crippen LogP contribution is -2.37. The predicted molar refractivity (Wildman–Crippen MR) is 70.2 cm³/mol. The van der Waals surface area contributed by atoms with Crippen LogP contribution in [0.2, 0.25) is 0 Å². The minimum atomic E-state index is -0.862. The van der Waals surface area contributed by atoms with E-state index in [-0.39, 0.29) is 17.9 Å². The first-order chi connectivity index (χ1) is 8.36. The Morgan fingerprint density at radius 1 is 1.33 bits per heavy atom. The van der Waals surface area contributed by atoms with Crippen LogP contribution in [0, 0.1) is 5.41 Å². The Labute approximate surface area is 108 Å². The zero-order valence-electron chi connectivity index (χ0n) is 11.1. The molecule has 0 bridgehead atoms. The summed E-state index contributed by atoms with van der Waals surface area (Å²) in [5.41, 5.74) is 5.91. The number of aliphatic hydroxyl groups is 1. The number of hydrogen-bond donors (Lipinski definition) is 2. The van der Waals surface area contributed by atoms with Crippen molar-refractivity contribution in [3.8, 4) is 0 Å². The lowest BCUT2D eigenvalue weighted by atomic mass is 9.73. The van der Waals surface area contributed by atoms with E-state index in [2.05, 4.69) is 0 Å². The molecule has 0 saturated carbocycles. The van der Waals surface area contributed by atoms with Crippen molar-refractivity contribution in [2.45, 2.75) is 32.8 Å². The summed E-state index contributed by atoms with van der Waals surface area (Å²) in [7, 11) is 0. The normalized spacial score (nSPS) is 14.9. The molecule has 0 fully saturated rings. The van der Waals surface area contributed by atoms with Crippen LogP contribution in [0.15, 0.2) is 30.3 Å². The molecular weight excluding hydrogens is 230 g/mol. The van der Waals surface area contributed by atoms with Gasteiger partial charge in [-0.3, -0.25) is 0 Å². The largest absolute Gasteiger partial charge is 0.443 e. The zero-order chi connectivity index (χ0) is 13.8. The lowest BCUT2D eigenvalue weighted by Gasteiger charge is -2.35. The number of aliphatic hydroxyl groups excluding tert-OH is 1. The minimum absolute atomic E-state index is 0.115. The van der Waals surface area contributed by atoms with Crippen LogP contribution in [0.1, 0.15) is 32.3 Å². The van der Waals surface area contributed by atoms with Gasteiger partial charge < -0.3 is 15.6 Å². The molecule has 0 saturated heterocycles. The monoisotopic (exact) mass is 251 g/mol. The molecular formula is C14H21NO3. The average molecular weight is 251 g/mol. The third-order valence-corrected chi connectivity index (χ3v) is 2.91. The van der Waals surface area contributed by atoms with Gasteiger partial charge in [0.2, 0.25) is 0 Å². The van der Waals surface area contributed by atoms with E-state index in [0.717, 1.165) is 5.56 Å². The van der Waals surface area contributed by atoms with Crippen molar-refractivity contribution in [1.82, 2.24) is 0 Å². The van der Waals surface area contributed by atoms with Crippen molar-refractivity contribution in [2.75, 3.05) is 6.61 Å². The summed E-state index contributed by atoms with van der Waals surface area (Å²) in [5, 5.41) is 9.44. The van der Waals surface area contributed by atoms with E-state index in [1.165, 1.54) is 0 Å². The molecule has 0 aromatic heterocycles. The van der Waals surface area contributed by atoms with E-state index in [1.807, 2.05) is 51.1 Å². The van der Waals surface area contributed by atoms with Gasteiger partial charge >= 0.3 is 6.09 Å². The van der Waals surface area contributed by atoms with Crippen LogP contribution in [0.25, 0.3) is 0 Å². The Morgan fingerprint density at radius 3 is 2.28 bits per heavy atom. The standard InChI is InChI=1S/C14H21NO3/c1-14(2,3)12(10-7-5-4-6-8-10)11(9-16)18-13(15)17/h4-8,11-12,16H,9H2,1-3H3,(H2,15,17). The van der Waals surface area contributed by atoms with E-state index < -0.39 is 12.2 Å². The van der Waals surface area contributed by atoms with Gasteiger partial charge in [0.15, 0.2) is 0 Å². The van der Waals surface area contributed by atoms with Gasteiger partial charge in [-0.25, -0.2) is 4.79 Å². The van der Waals surface area contributed by atoms with Crippen LogP contribution in [0.3, 0.4) is 0 Å². The highest BCUT2D eigenvalue weighted by atomic mass is 16.6. The number of amides is 1. The number of benzene rings is 1. The second kappa shape index (κ2) is 5.87. The molecule has 1 rings (SSSR count). The van der Waals surface area contributed by atoms with Gasteiger partial charge in [0.1, 0.15) is 6.10 Å². The molecule has 4 nitrogen and oxygen atoms in total. The number of ether oxygens (including phenoxy) is 1. The Balaban J connectivity index is 3.09. The van der Waals surface area contributed by atoms with Crippen molar-refractivity contribution < 1.29 is 14.6 Å². The van der Waals surface area contributed by atoms with E-state index >= 15 is 0 Å². The number of hydrogen-bond acceptors (Lipinski definition) is 3. The molecule has 0 aliphatic rings. The maximum atomic E-state index is 10.9. The number of nitrogens with two attached hydrogens (primary N) is 1. The van der Waals surface area contributed by atoms with Crippen LogP contribution in [-0.4, -0.2) is 23.9 Å². The highest BCUT2D eigenvalue weighted by Crippen LogP contribution is 2.38. The first-order valence-electron chi connectivity index (χ1n) is 5.98. The average Bonchev–Trinajstić information content (AvgIpc) is 2.27.